The van der Waals surface area contributed by atoms with E-state index in [1.165, 1.54) is 4.90 Å². The van der Waals surface area contributed by atoms with Gasteiger partial charge in [0.15, 0.2) is 0 Å². The Hall–Kier alpha value is -1.45. The largest absolute Gasteiger partial charge is 0.457 e. The fourth-order valence-corrected chi connectivity index (χ4v) is 2.28. The number of hydrogen-bond donors (Lipinski definition) is 1. The summed E-state index contributed by atoms with van der Waals surface area (Å²) in [7, 11) is 0. The normalized spacial score (nSPS) is 12.2. The number of hydrogen-bond acceptors (Lipinski definition) is 3. The predicted molar refractivity (Wildman–Crippen MR) is 82.0 cm³/mol. The molecule has 2 N–H and O–H groups in total. The maximum atomic E-state index is 6.11. The summed E-state index contributed by atoms with van der Waals surface area (Å²) in [4.78, 5) is 1.23. The molecular formula is C16H19NOS. The van der Waals surface area contributed by atoms with E-state index in [2.05, 4.69) is 25.3 Å². The van der Waals surface area contributed by atoms with Crippen LogP contribution in [0, 0.1) is 0 Å². The molecule has 0 saturated carbocycles. The smallest absolute Gasteiger partial charge is 0.132 e. The Kier molecular flexibility index (Phi) is 4.88. The molecule has 19 heavy (non-hydrogen) atoms. The molecule has 1 atom stereocenters. The summed E-state index contributed by atoms with van der Waals surface area (Å²) < 4.78 is 5.94. The summed E-state index contributed by atoms with van der Waals surface area (Å²) in [6, 6.07) is 16.1. The van der Waals surface area contributed by atoms with Gasteiger partial charge in [0.1, 0.15) is 11.5 Å². The topological polar surface area (TPSA) is 35.2 Å². The molecule has 0 amide bonds. The van der Waals surface area contributed by atoms with Gasteiger partial charge in [0, 0.05) is 16.5 Å². The van der Waals surface area contributed by atoms with E-state index in [0.29, 0.717) is 0 Å². The van der Waals surface area contributed by atoms with Gasteiger partial charge in [-0.05, 0) is 43.0 Å². The molecule has 2 aromatic rings. The van der Waals surface area contributed by atoms with Gasteiger partial charge in [0.2, 0.25) is 0 Å². The molecular weight excluding hydrogens is 254 g/mol. The molecule has 2 nitrogen and oxygen atoms in total. The van der Waals surface area contributed by atoms with Crippen LogP contribution in [0.5, 0.6) is 11.5 Å². The quantitative estimate of drug-likeness (QED) is 0.808. The van der Waals surface area contributed by atoms with Gasteiger partial charge in [-0.1, -0.05) is 25.1 Å². The molecule has 100 valence electrons. The third-order valence-electron chi connectivity index (χ3n) is 3.05. The first-order chi connectivity index (χ1) is 9.24. The maximum absolute atomic E-state index is 6.11. The number of para-hydroxylation sites is 1. The highest BCUT2D eigenvalue weighted by atomic mass is 32.2. The number of rotatable bonds is 5. The van der Waals surface area contributed by atoms with Gasteiger partial charge in [-0.2, -0.15) is 0 Å². The van der Waals surface area contributed by atoms with Crippen LogP contribution >= 0.6 is 11.8 Å². The molecule has 3 heteroatoms. The summed E-state index contributed by atoms with van der Waals surface area (Å²) in [6.45, 7) is 2.08. The van der Waals surface area contributed by atoms with Crippen LogP contribution in [0.2, 0.25) is 0 Å². The van der Waals surface area contributed by atoms with Gasteiger partial charge in [-0.25, -0.2) is 0 Å². The Morgan fingerprint density at radius 2 is 1.79 bits per heavy atom. The van der Waals surface area contributed by atoms with Crippen LogP contribution in [0.1, 0.15) is 24.9 Å². The standard InChI is InChI=1S/C16H19NOS/c1-3-15(17)14-6-4-5-7-16(14)18-12-8-10-13(19-2)11-9-12/h4-11,15H,3,17H2,1-2H3/t15-/m1/s1. The average Bonchev–Trinajstić information content (AvgIpc) is 2.48. The predicted octanol–water partition coefficient (Wildman–Crippen LogP) is 4.61. The summed E-state index contributed by atoms with van der Waals surface area (Å²) in [6.07, 6.45) is 2.96. The molecule has 2 rings (SSSR count). The Balaban J connectivity index is 2.22. The molecule has 0 spiro atoms. The van der Waals surface area contributed by atoms with Crippen molar-refractivity contribution in [2.24, 2.45) is 5.73 Å². The van der Waals surface area contributed by atoms with Crippen LogP contribution < -0.4 is 10.5 Å². The van der Waals surface area contributed by atoms with Crippen LogP contribution in [0.3, 0.4) is 0 Å². The first-order valence-electron chi connectivity index (χ1n) is 6.41. The van der Waals surface area contributed by atoms with Crippen molar-refractivity contribution in [2.75, 3.05) is 6.26 Å². The highest BCUT2D eigenvalue weighted by Gasteiger charge is 2.10. The van der Waals surface area contributed by atoms with E-state index in [1.54, 1.807) is 11.8 Å². The molecule has 0 aliphatic carbocycles. The van der Waals surface area contributed by atoms with Crippen LogP contribution in [0.4, 0.5) is 0 Å². The van der Waals surface area contributed by atoms with E-state index in [9.17, 15) is 0 Å². The Labute approximate surface area is 119 Å². The Bertz CT molecular complexity index is 525. The fourth-order valence-electron chi connectivity index (χ4n) is 1.87. The van der Waals surface area contributed by atoms with E-state index < -0.39 is 0 Å². The zero-order valence-electron chi connectivity index (χ0n) is 11.3. The lowest BCUT2D eigenvalue weighted by Gasteiger charge is -2.15. The minimum absolute atomic E-state index is 0.0154. The lowest BCUT2D eigenvalue weighted by atomic mass is 10.0. The lowest BCUT2D eigenvalue weighted by molar-refractivity contribution is 0.468. The molecule has 0 aromatic heterocycles. The van der Waals surface area contributed by atoms with E-state index in [4.69, 9.17) is 10.5 Å². The molecule has 0 unspecified atom stereocenters. The molecule has 0 fully saturated rings. The zero-order valence-corrected chi connectivity index (χ0v) is 12.1. The highest BCUT2D eigenvalue weighted by molar-refractivity contribution is 7.98. The van der Waals surface area contributed by atoms with Crippen LogP contribution in [0.25, 0.3) is 0 Å². The zero-order chi connectivity index (χ0) is 13.7. The third-order valence-corrected chi connectivity index (χ3v) is 3.79. The minimum Gasteiger partial charge on any atom is -0.457 e. The molecule has 2 aromatic carbocycles. The van der Waals surface area contributed by atoms with Crippen molar-refractivity contribution < 1.29 is 4.74 Å². The SMILES string of the molecule is CC[C@@H](N)c1ccccc1Oc1ccc(SC)cc1. The number of thioether (sulfide) groups is 1. The minimum atomic E-state index is 0.0154. The van der Waals surface area contributed by atoms with Crippen molar-refractivity contribution in [3.05, 3.63) is 54.1 Å². The highest BCUT2D eigenvalue weighted by Crippen LogP contribution is 2.30. The van der Waals surface area contributed by atoms with E-state index in [-0.39, 0.29) is 6.04 Å². The Morgan fingerprint density at radius 1 is 1.11 bits per heavy atom. The van der Waals surface area contributed by atoms with E-state index >= 15 is 0 Å². The van der Waals surface area contributed by atoms with Crippen molar-refractivity contribution in [1.82, 2.24) is 0 Å². The second-order valence-corrected chi connectivity index (χ2v) is 5.21. The molecule has 0 aliphatic heterocycles. The van der Waals surface area contributed by atoms with Gasteiger partial charge in [-0.15, -0.1) is 11.8 Å². The third kappa shape index (κ3) is 3.52. The average molecular weight is 273 g/mol. The first-order valence-corrected chi connectivity index (χ1v) is 7.63. The van der Waals surface area contributed by atoms with Gasteiger partial charge >= 0.3 is 0 Å². The van der Waals surface area contributed by atoms with Gasteiger partial charge in [0.25, 0.3) is 0 Å². The van der Waals surface area contributed by atoms with Crippen molar-refractivity contribution in [3.63, 3.8) is 0 Å². The molecule has 0 heterocycles. The molecule has 0 bridgehead atoms. The first kappa shape index (κ1) is 14.0. The maximum Gasteiger partial charge on any atom is 0.132 e. The van der Waals surface area contributed by atoms with Crippen LogP contribution in [-0.4, -0.2) is 6.26 Å². The number of nitrogens with two attached hydrogens (primary N) is 1. The summed E-state index contributed by atoms with van der Waals surface area (Å²) in [5.74, 6) is 1.68. The monoisotopic (exact) mass is 273 g/mol. The summed E-state index contributed by atoms with van der Waals surface area (Å²) >= 11 is 1.72. The molecule has 0 aliphatic rings. The Morgan fingerprint density at radius 3 is 2.42 bits per heavy atom. The van der Waals surface area contributed by atoms with E-state index in [1.807, 2.05) is 36.4 Å². The van der Waals surface area contributed by atoms with Crippen molar-refractivity contribution in [1.29, 1.82) is 0 Å². The van der Waals surface area contributed by atoms with Crippen LogP contribution in [-0.2, 0) is 0 Å². The summed E-state index contributed by atoms with van der Waals surface area (Å²) in [5.41, 5.74) is 7.17. The van der Waals surface area contributed by atoms with Crippen LogP contribution in [0.15, 0.2) is 53.4 Å². The molecule has 0 saturated heterocycles. The van der Waals surface area contributed by atoms with Crippen molar-refractivity contribution in [3.8, 4) is 11.5 Å². The van der Waals surface area contributed by atoms with Gasteiger partial charge in [0.05, 0.1) is 0 Å². The fraction of sp³-hybridized carbons (Fsp3) is 0.250. The van der Waals surface area contributed by atoms with Crippen molar-refractivity contribution >= 4 is 11.8 Å². The number of ether oxygens (including phenoxy) is 1. The summed E-state index contributed by atoms with van der Waals surface area (Å²) in [5, 5.41) is 0. The van der Waals surface area contributed by atoms with Gasteiger partial charge in [-0.3, -0.25) is 0 Å². The second kappa shape index (κ2) is 6.64. The second-order valence-electron chi connectivity index (χ2n) is 4.33. The molecule has 0 radical (unpaired) electrons. The van der Waals surface area contributed by atoms with Crippen molar-refractivity contribution in [2.45, 2.75) is 24.3 Å². The number of benzene rings is 2. The van der Waals surface area contributed by atoms with E-state index in [0.717, 1.165) is 23.5 Å². The van der Waals surface area contributed by atoms with Gasteiger partial charge < -0.3 is 10.5 Å². The lowest BCUT2D eigenvalue weighted by Crippen LogP contribution is -2.09.